The molecule has 2 N–H and O–H groups in total. The van der Waals surface area contributed by atoms with Crippen molar-refractivity contribution < 1.29 is 4.21 Å². The van der Waals surface area contributed by atoms with Gasteiger partial charge in [-0.05, 0) is 19.9 Å². The molecule has 0 aromatic carbocycles. The fourth-order valence-electron chi connectivity index (χ4n) is 1.01. The summed E-state index contributed by atoms with van der Waals surface area (Å²) in [6.45, 7) is 3.72. The molecule has 1 heterocycles. The van der Waals surface area contributed by atoms with Crippen molar-refractivity contribution in [3.63, 3.8) is 0 Å². The van der Waals surface area contributed by atoms with Crippen molar-refractivity contribution in [3.05, 3.63) is 24.3 Å². The third kappa shape index (κ3) is 4.43. The van der Waals surface area contributed by atoms with Crippen LogP contribution in [0, 0.1) is 0 Å². The summed E-state index contributed by atoms with van der Waals surface area (Å²) in [5.74, 6) is 1.45. The Morgan fingerprint density at radius 2 is 2.00 bits per heavy atom. The van der Waals surface area contributed by atoms with Gasteiger partial charge in [0, 0.05) is 34.5 Å². The van der Waals surface area contributed by atoms with E-state index in [1.807, 2.05) is 13.8 Å². The SMILES string of the molecule is CC(C)(N)CS(=O)Cc1ncccn1. The van der Waals surface area contributed by atoms with Crippen LogP contribution in [0.4, 0.5) is 0 Å². The molecule has 1 rings (SSSR count). The molecule has 0 aliphatic heterocycles. The summed E-state index contributed by atoms with van der Waals surface area (Å²) in [6.07, 6.45) is 3.29. The van der Waals surface area contributed by atoms with Gasteiger partial charge in [-0.15, -0.1) is 0 Å². The van der Waals surface area contributed by atoms with Crippen molar-refractivity contribution in [2.45, 2.75) is 25.1 Å². The molecular formula is C9H15N3OS. The third-order valence-electron chi connectivity index (χ3n) is 1.44. The highest BCUT2D eigenvalue weighted by Gasteiger charge is 2.15. The molecule has 0 spiro atoms. The Morgan fingerprint density at radius 1 is 1.43 bits per heavy atom. The molecule has 5 heteroatoms. The van der Waals surface area contributed by atoms with Gasteiger partial charge in [0.1, 0.15) is 5.82 Å². The van der Waals surface area contributed by atoms with Crippen LogP contribution >= 0.6 is 0 Å². The zero-order valence-electron chi connectivity index (χ0n) is 8.43. The molecule has 0 aliphatic carbocycles. The Morgan fingerprint density at radius 3 is 2.50 bits per heavy atom. The van der Waals surface area contributed by atoms with E-state index < -0.39 is 16.3 Å². The number of nitrogens with zero attached hydrogens (tertiary/aromatic N) is 2. The summed E-state index contributed by atoms with van der Waals surface area (Å²) in [7, 11) is -0.990. The molecule has 1 unspecified atom stereocenters. The average molecular weight is 213 g/mol. The molecule has 0 radical (unpaired) electrons. The lowest BCUT2D eigenvalue weighted by atomic mass is 10.1. The van der Waals surface area contributed by atoms with Crippen LogP contribution in [0.15, 0.2) is 18.5 Å². The second-order valence-corrected chi connectivity index (χ2v) is 5.34. The van der Waals surface area contributed by atoms with Crippen LogP contribution in [-0.2, 0) is 16.6 Å². The van der Waals surface area contributed by atoms with Crippen molar-refractivity contribution in [3.8, 4) is 0 Å². The van der Waals surface area contributed by atoms with Gasteiger partial charge in [-0.2, -0.15) is 0 Å². The monoisotopic (exact) mass is 213 g/mol. The van der Waals surface area contributed by atoms with Crippen LogP contribution in [-0.4, -0.2) is 25.5 Å². The smallest absolute Gasteiger partial charge is 0.140 e. The van der Waals surface area contributed by atoms with E-state index in [0.717, 1.165) is 0 Å². The molecular weight excluding hydrogens is 198 g/mol. The first-order valence-corrected chi connectivity index (χ1v) is 5.86. The first-order valence-electron chi connectivity index (χ1n) is 4.37. The second-order valence-electron chi connectivity index (χ2n) is 3.88. The molecule has 1 aromatic rings. The number of aromatic nitrogens is 2. The Labute approximate surface area is 86.4 Å². The minimum atomic E-state index is -0.990. The molecule has 0 saturated heterocycles. The van der Waals surface area contributed by atoms with Gasteiger partial charge in [-0.3, -0.25) is 4.21 Å². The molecule has 0 fully saturated rings. The van der Waals surface area contributed by atoms with E-state index in [4.69, 9.17) is 5.73 Å². The third-order valence-corrected chi connectivity index (χ3v) is 3.09. The standard InChI is InChI=1S/C9H15N3OS/c1-9(2,10)7-14(13)6-8-11-4-3-5-12-8/h3-5H,6-7,10H2,1-2H3. The highest BCUT2D eigenvalue weighted by molar-refractivity contribution is 7.84. The van der Waals surface area contributed by atoms with Crippen LogP contribution in [0.25, 0.3) is 0 Å². The van der Waals surface area contributed by atoms with Crippen LogP contribution in [0.2, 0.25) is 0 Å². The van der Waals surface area contributed by atoms with E-state index in [1.54, 1.807) is 18.5 Å². The Kier molecular flexibility index (Phi) is 3.71. The molecule has 0 aliphatic rings. The maximum absolute atomic E-state index is 11.6. The van der Waals surface area contributed by atoms with Gasteiger partial charge in [0.05, 0.1) is 5.75 Å². The summed E-state index contributed by atoms with van der Waals surface area (Å²) in [5.41, 5.74) is 5.35. The lowest BCUT2D eigenvalue weighted by molar-refractivity contribution is 0.577. The van der Waals surface area contributed by atoms with E-state index in [0.29, 0.717) is 17.3 Å². The minimum Gasteiger partial charge on any atom is -0.325 e. The Balaban J connectivity index is 2.50. The van der Waals surface area contributed by atoms with Gasteiger partial charge in [0.2, 0.25) is 0 Å². The van der Waals surface area contributed by atoms with Crippen molar-refractivity contribution in [2.75, 3.05) is 5.75 Å². The first-order chi connectivity index (χ1) is 6.47. The van der Waals surface area contributed by atoms with Gasteiger partial charge >= 0.3 is 0 Å². The van der Waals surface area contributed by atoms with Gasteiger partial charge < -0.3 is 5.73 Å². The maximum Gasteiger partial charge on any atom is 0.140 e. The van der Waals surface area contributed by atoms with Crippen molar-refractivity contribution >= 4 is 10.8 Å². The predicted octanol–water partition coefficient (Wildman–Crippen LogP) is 0.463. The molecule has 78 valence electrons. The van der Waals surface area contributed by atoms with Crippen LogP contribution in [0.1, 0.15) is 19.7 Å². The number of hydrogen-bond donors (Lipinski definition) is 1. The number of rotatable bonds is 4. The number of hydrogen-bond acceptors (Lipinski definition) is 4. The van der Waals surface area contributed by atoms with Crippen LogP contribution < -0.4 is 5.73 Å². The highest BCUT2D eigenvalue weighted by Crippen LogP contribution is 2.03. The van der Waals surface area contributed by atoms with Gasteiger partial charge in [0.25, 0.3) is 0 Å². The molecule has 14 heavy (non-hydrogen) atoms. The zero-order chi connectivity index (χ0) is 10.6. The number of nitrogens with two attached hydrogens (primary N) is 1. The fraction of sp³-hybridized carbons (Fsp3) is 0.556. The lowest BCUT2D eigenvalue weighted by Crippen LogP contribution is -2.38. The van der Waals surface area contributed by atoms with E-state index in [2.05, 4.69) is 9.97 Å². The van der Waals surface area contributed by atoms with E-state index in [1.165, 1.54) is 0 Å². The predicted molar refractivity (Wildman–Crippen MR) is 57.0 cm³/mol. The largest absolute Gasteiger partial charge is 0.325 e. The molecule has 1 aromatic heterocycles. The molecule has 0 bridgehead atoms. The summed E-state index contributed by atoms with van der Waals surface area (Å²) in [6, 6.07) is 1.74. The quantitative estimate of drug-likeness (QED) is 0.789. The van der Waals surface area contributed by atoms with Crippen molar-refractivity contribution in [1.29, 1.82) is 0 Å². The zero-order valence-corrected chi connectivity index (χ0v) is 9.25. The Bertz CT molecular complexity index is 308. The molecule has 4 nitrogen and oxygen atoms in total. The fourth-order valence-corrected chi connectivity index (χ4v) is 2.38. The average Bonchev–Trinajstić information content (AvgIpc) is 2.02. The normalized spacial score (nSPS) is 13.9. The summed E-state index contributed by atoms with van der Waals surface area (Å²) < 4.78 is 11.6. The maximum atomic E-state index is 11.6. The molecule has 0 saturated carbocycles. The lowest BCUT2D eigenvalue weighted by Gasteiger charge is -2.16. The topological polar surface area (TPSA) is 68.9 Å². The summed E-state index contributed by atoms with van der Waals surface area (Å²) in [5, 5.41) is 0. The summed E-state index contributed by atoms with van der Waals surface area (Å²) in [4.78, 5) is 8.01. The molecule has 1 atom stereocenters. The molecule has 0 amide bonds. The first kappa shape index (κ1) is 11.3. The Hall–Kier alpha value is -0.810. The van der Waals surface area contributed by atoms with E-state index in [9.17, 15) is 4.21 Å². The van der Waals surface area contributed by atoms with E-state index >= 15 is 0 Å². The van der Waals surface area contributed by atoms with Crippen LogP contribution in [0.5, 0.6) is 0 Å². The summed E-state index contributed by atoms with van der Waals surface area (Å²) >= 11 is 0. The van der Waals surface area contributed by atoms with Gasteiger partial charge in [-0.25, -0.2) is 9.97 Å². The highest BCUT2D eigenvalue weighted by atomic mass is 32.2. The van der Waals surface area contributed by atoms with Gasteiger partial charge in [-0.1, -0.05) is 0 Å². The van der Waals surface area contributed by atoms with E-state index in [-0.39, 0.29) is 0 Å². The minimum absolute atomic E-state index is 0.376. The van der Waals surface area contributed by atoms with Crippen molar-refractivity contribution in [2.24, 2.45) is 5.73 Å². The van der Waals surface area contributed by atoms with Crippen LogP contribution in [0.3, 0.4) is 0 Å². The van der Waals surface area contributed by atoms with Gasteiger partial charge in [0.15, 0.2) is 0 Å². The van der Waals surface area contributed by atoms with Crippen molar-refractivity contribution in [1.82, 2.24) is 9.97 Å². The second kappa shape index (κ2) is 4.61.